The number of nitrogens with one attached hydrogen (secondary N) is 2. The van der Waals surface area contributed by atoms with Crippen LogP contribution in [-0.4, -0.2) is 42.9 Å². The standard InChI is InChI=1S/C25H22FN7O4/c26-22-18(7-6-16-23(22)32-8-9-36-14-33(32)25(16)35)30-21-10-19(17(11-27-21)24-31-28-13-37-24)29-20(12-34)15-4-2-1-3-5-15/h1-7,10-11,13,20,34H,8-9,12,14H2,(H2,27,29,30)/t20-/m1/s1. The van der Waals surface area contributed by atoms with Gasteiger partial charge in [-0.15, -0.1) is 10.2 Å². The molecule has 12 heteroatoms. The third-order valence-electron chi connectivity index (χ3n) is 6.26. The van der Waals surface area contributed by atoms with Crippen molar-refractivity contribution in [2.75, 3.05) is 23.8 Å². The Morgan fingerprint density at radius 3 is 2.78 bits per heavy atom. The summed E-state index contributed by atoms with van der Waals surface area (Å²) in [5.41, 5.74) is 2.00. The normalized spacial score (nSPS) is 13.9. The molecule has 0 unspecified atom stereocenters. The summed E-state index contributed by atoms with van der Waals surface area (Å²) in [6, 6.07) is 13.8. The maximum absolute atomic E-state index is 15.7. The summed E-state index contributed by atoms with van der Waals surface area (Å²) in [5, 5.41) is 24.4. The van der Waals surface area contributed by atoms with Crippen LogP contribution >= 0.6 is 0 Å². The van der Waals surface area contributed by atoms with Gasteiger partial charge in [0.25, 0.3) is 11.4 Å². The minimum atomic E-state index is -0.565. The van der Waals surface area contributed by atoms with E-state index >= 15 is 4.39 Å². The smallest absolute Gasteiger partial charge is 0.276 e. The number of benzene rings is 2. The van der Waals surface area contributed by atoms with Crippen LogP contribution in [0, 0.1) is 5.82 Å². The van der Waals surface area contributed by atoms with Gasteiger partial charge in [0.2, 0.25) is 6.39 Å². The number of hydrogen-bond donors (Lipinski definition) is 3. The van der Waals surface area contributed by atoms with Crippen molar-refractivity contribution in [1.29, 1.82) is 0 Å². The minimum Gasteiger partial charge on any atom is -0.423 e. The summed E-state index contributed by atoms with van der Waals surface area (Å²) in [4.78, 5) is 17.1. The van der Waals surface area contributed by atoms with Crippen molar-refractivity contribution in [2.24, 2.45) is 0 Å². The summed E-state index contributed by atoms with van der Waals surface area (Å²) in [5.74, 6) is 0.00325. The van der Waals surface area contributed by atoms with Crippen molar-refractivity contribution in [1.82, 2.24) is 24.5 Å². The molecule has 0 saturated carbocycles. The zero-order valence-electron chi connectivity index (χ0n) is 19.5. The molecule has 0 bridgehead atoms. The van der Waals surface area contributed by atoms with E-state index in [1.807, 2.05) is 30.3 Å². The number of halogens is 1. The van der Waals surface area contributed by atoms with E-state index in [0.29, 0.717) is 30.2 Å². The number of fused-ring (bicyclic) bond motifs is 3. The number of aliphatic hydroxyl groups is 1. The summed E-state index contributed by atoms with van der Waals surface area (Å²) in [6.07, 6.45) is 2.73. The summed E-state index contributed by atoms with van der Waals surface area (Å²) >= 11 is 0. The molecule has 1 aliphatic rings. The second kappa shape index (κ2) is 9.48. The van der Waals surface area contributed by atoms with Gasteiger partial charge in [0.15, 0.2) is 5.82 Å². The Morgan fingerprint density at radius 1 is 1.14 bits per heavy atom. The Morgan fingerprint density at radius 2 is 2.00 bits per heavy atom. The number of aromatic nitrogens is 5. The lowest BCUT2D eigenvalue weighted by Gasteiger charge is -2.20. The number of hydrogen-bond acceptors (Lipinski definition) is 9. The van der Waals surface area contributed by atoms with Crippen LogP contribution in [0.2, 0.25) is 0 Å². The molecule has 1 aliphatic heterocycles. The molecule has 3 aromatic heterocycles. The number of pyridine rings is 1. The van der Waals surface area contributed by atoms with Crippen molar-refractivity contribution in [2.45, 2.75) is 19.3 Å². The largest absolute Gasteiger partial charge is 0.423 e. The van der Waals surface area contributed by atoms with Gasteiger partial charge in [-0.3, -0.25) is 9.48 Å². The topological polar surface area (TPSA) is 132 Å². The first-order chi connectivity index (χ1) is 18.1. The average molecular weight is 503 g/mol. The van der Waals surface area contributed by atoms with Gasteiger partial charge >= 0.3 is 0 Å². The highest BCUT2D eigenvalue weighted by molar-refractivity contribution is 5.85. The third kappa shape index (κ3) is 4.11. The van der Waals surface area contributed by atoms with Crippen LogP contribution in [0.1, 0.15) is 11.6 Å². The molecule has 0 saturated heterocycles. The van der Waals surface area contributed by atoms with E-state index in [1.165, 1.54) is 23.3 Å². The van der Waals surface area contributed by atoms with Gasteiger partial charge in [0.05, 0.1) is 48.1 Å². The molecule has 11 nitrogen and oxygen atoms in total. The van der Waals surface area contributed by atoms with Crippen molar-refractivity contribution >= 4 is 28.1 Å². The number of rotatable bonds is 7. The third-order valence-corrected chi connectivity index (χ3v) is 6.26. The molecule has 6 rings (SSSR count). The molecular formula is C25H22FN7O4. The Kier molecular flexibility index (Phi) is 5.87. The van der Waals surface area contributed by atoms with Gasteiger partial charge in [-0.25, -0.2) is 14.1 Å². The van der Waals surface area contributed by atoms with E-state index in [9.17, 15) is 9.90 Å². The molecule has 5 aromatic rings. The molecular weight excluding hydrogens is 481 g/mol. The number of anilines is 3. The monoisotopic (exact) mass is 503 g/mol. The Labute approximate surface area is 209 Å². The van der Waals surface area contributed by atoms with E-state index in [4.69, 9.17) is 9.15 Å². The first-order valence-corrected chi connectivity index (χ1v) is 11.6. The minimum absolute atomic E-state index is 0.0802. The van der Waals surface area contributed by atoms with Crippen LogP contribution in [-0.2, 0) is 18.0 Å². The zero-order valence-corrected chi connectivity index (χ0v) is 19.5. The van der Waals surface area contributed by atoms with Crippen LogP contribution in [0.4, 0.5) is 21.6 Å². The number of aliphatic hydroxyl groups excluding tert-OH is 1. The van der Waals surface area contributed by atoms with Crippen molar-refractivity contribution in [3.63, 3.8) is 0 Å². The van der Waals surface area contributed by atoms with Crippen LogP contribution < -0.4 is 16.2 Å². The SMILES string of the molecule is O=c1c2ccc(Nc3cc(N[C@H](CO)c4ccccc4)c(-c4nnco4)cn3)c(F)c2n2n1COCC2. The van der Waals surface area contributed by atoms with Crippen LogP contribution in [0.25, 0.3) is 22.4 Å². The molecule has 0 aliphatic carbocycles. The summed E-state index contributed by atoms with van der Waals surface area (Å²) < 4.78 is 29.4. The molecule has 2 aromatic carbocycles. The molecule has 3 N–H and O–H groups in total. The number of ether oxygens (including phenoxy) is 1. The molecule has 4 heterocycles. The first kappa shape index (κ1) is 22.9. The van der Waals surface area contributed by atoms with Crippen LogP contribution in [0.3, 0.4) is 0 Å². The van der Waals surface area contributed by atoms with E-state index < -0.39 is 11.9 Å². The number of nitrogens with zero attached hydrogens (tertiary/aromatic N) is 5. The Hall–Kier alpha value is -4.55. The van der Waals surface area contributed by atoms with E-state index in [2.05, 4.69) is 25.8 Å². The van der Waals surface area contributed by atoms with Gasteiger partial charge in [0.1, 0.15) is 18.1 Å². The maximum Gasteiger partial charge on any atom is 0.276 e. The lowest BCUT2D eigenvalue weighted by Crippen LogP contribution is -2.30. The van der Waals surface area contributed by atoms with Crippen LogP contribution in [0.5, 0.6) is 0 Å². The van der Waals surface area contributed by atoms with E-state index in [-0.39, 0.29) is 41.4 Å². The fraction of sp³-hybridized carbons (Fsp3) is 0.200. The first-order valence-electron chi connectivity index (χ1n) is 11.6. The van der Waals surface area contributed by atoms with Gasteiger partial charge in [0, 0.05) is 12.3 Å². The summed E-state index contributed by atoms with van der Waals surface area (Å²) in [6.45, 7) is 0.659. The molecule has 1 atom stereocenters. The molecule has 188 valence electrons. The predicted molar refractivity (Wildman–Crippen MR) is 133 cm³/mol. The van der Waals surface area contributed by atoms with Crippen molar-refractivity contribution in [3.8, 4) is 11.5 Å². The lowest BCUT2D eigenvalue weighted by molar-refractivity contribution is 0.0154. The van der Waals surface area contributed by atoms with E-state index in [0.717, 1.165) is 5.56 Å². The van der Waals surface area contributed by atoms with Gasteiger partial charge < -0.3 is 24.9 Å². The van der Waals surface area contributed by atoms with E-state index in [1.54, 1.807) is 16.8 Å². The highest BCUT2D eigenvalue weighted by atomic mass is 19.1. The Bertz CT molecular complexity index is 1620. The average Bonchev–Trinajstić information content (AvgIpc) is 3.57. The fourth-order valence-electron chi connectivity index (χ4n) is 4.47. The lowest BCUT2D eigenvalue weighted by atomic mass is 10.1. The fourth-order valence-corrected chi connectivity index (χ4v) is 4.47. The molecule has 37 heavy (non-hydrogen) atoms. The summed E-state index contributed by atoms with van der Waals surface area (Å²) in [7, 11) is 0. The highest BCUT2D eigenvalue weighted by Crippen LogP contribution is 2.33. The molecule has 0 radical (unpaired) electrons. The molecule has 0 amide bonds. The molecule has 0 spiro atoms. The zero-order chi connectivity index (χ0) is 25.4. The molecule has 0 fully saturated rings. The second-order valence-corrected chi connectivity index (χ2v) is 8.46. The van der Waals surface area contributed by atoms with Crippen molar-refractivity contribution < 1.29 is 18.7 Å². The van der Waals surface area contributed by atoms with Crippen LogP contribution in [0.15, 0.2) is 70.3 Å². The highest BCUT2D eigenvalue weighted by Gasteiger charge is 2.22. The Balaban J connectivity index is 1.38. The quantitative estimate of drug-likeness (QED) is 0.306. The van der Waals surface area contributed by atoms with Crippen molar-refractivity contribution in [3.05, 3.63) is 82.9 Å². The van der Waals surface area contributed by atoms with Gasteiger partial charge in [-0.05, 0) is 17.7 Å². The van der Waals surface area contributed by atoms with Gasteiger partial charge in [-0.1, -0.05) is 30.3 Å². The maximum atomic E-state index is 15.7. The predicted octanol–water partition coefficient (Wildman–Crippen LogP) is 3.26. The second-order valence-electron chi connectivity index (χ2n) is 8.46. The van der Waals surface area contributed by atoms with Gasteiger partial charge in [-0.2, -0.15) is 0 Å².